The zero-order valence-electron chi connectivity index (χ0n) is 18.0. The van der Waals surface area contributed by atoms with Crippen LogP contribution in [0.2, 0.25) is 10.0 Å². The molecule has 6 nitrogen and oxygen atoms in total. The highest BCUT2D eigenvalue weighted by atomic mass is 35.5. The number of carbonyl (C=O) groups is 2. The average molecular weight is 464 g/mol. The minimum absolute atomic E-state index is 0.00662. The number of esters is 1. The first kappa shape index (κ1) is 23.4. The van der Waals surface area contributed by atoms with Crippen LogP contribution in [0.25, 0.3) is 0 Å². The molecule has 166 valence electrons. The van der Waals surface area contributed by atoms with E-state index in [1.165, 1.54) is 25.6 Å². The first-order chi connectivity index (χ1) is 14.8. The second-order valence-electron chi connectivity index (χ2n) is 7.76. The monoisotopic (exact) mass is 463 g/mol. The molecule has 1 saturated heterocycles. The van der Waals surface area contributed by atoms with E-state index in [0.717, 1.165) is 24.3 Å². The lowest BCUT2D eigenvalue weighted by Gasteiger charge is -2.26. The molecule has 0 saturated carbocycles. The maximum absolute atomic E-state index is 12.7. The Kier molecular flexibility index (Phi) is 7.81. The molecule has 1 aliphatic heterocycles. The van der Waals surface area contributed by atoms with Gasteiger partial charge in [0.05, 0.1) is 23.7 Å². The first-order valence-electron chi connectivity index (χ1n) is 10.2. The molecule has 1 atom stereocenters. The standard InChI is InChI=1S/C23H27Cl2N3O3/c1-15-12-17(28-10-4-5-11-28)7-9-20(15)26-21(29)14-27(2)22(23(30)31-3)16-6-8-18(24)19(25)13-16/h6-9,12-13,22H,4-5,10-11,14H2,1-3H3,(H,26,29)/t22-/m1/s1. The summed E-state index contributed by atoms with van der Waals surface area (Å²) in [5.74, 6) is -0.715. The number of hydrogen-bond donors (Lipinski definition) is 1. The van der Waals surface area contributed by atoms with Gasteiger partial charge in [-0.2, -0.15) is 0 Å². The molecule has 3 rings (SSSR count). The average Bonchev–Trinajstić information content (AvgIpc) is 3.27. The van der Waals surface area contributed by atoms with Crippen molar-refractivity contribution in [3.05, 3.63) is 57.6 Å². The molecule has 1 fully saturated rings. The number of ether oxygens (including phenoxy) is 1. The van der Waals surface area contributed by atoms with Crippen molar-refractivity contribution in [2.75, 3.05) is 44.0 Å². The molecule has 1 amide bonds. The van der Waals surface area contributed by atoms with Crippen molar-refractivity contribution in [2.24, 2.45) is 0 Å². The molecule has 1 N–H and O–H groups in total. The molecule has 0 aromatic heterocycles. The fourth-order valence-electron chi connectivity index (χ4n) is 3.83. The van der Waals surface area contributed by atoms with E-state index in [-0.39, 0.29) is 12.5 Å². The van der Waals surface area contributed by atoms with E-state index >= 15 is 0 Å². The number of benzene rings is 2. The Labute approximate surface area is 193 Å². The van der Waals surface area contributed by atoms with Crippen molar-refractivity contribution in [1.82, 2.24) is 4.90 Å². The van der Waals surface area contributed by atoms with Gasteiger partial charge < -0.3 is 15.0 Å². The van der Waals surface area contributed by atoms with E-state index in [1.54, 1.807) is 30.1 Å². The second kappa shape index (κ2) is 10.4. The van der Waals surface area contributed by atoms with Crippen molar-refractivity contribution in [2.45, 2.75) is 25.8 Å². The predicted molar refractivity (Wildman–Crippen MR) is 125 cm³/mol. The van der Waals surface area contributed by atoms with Gasteiger partial charge in [0.25, 0.3) is 0 Å². The summed E-state index contributed by atoms with van der Waals surface area (Å²) in [6, 6.07) is 10.2. The third-order valence-corrected chi connectivity index (χ3v) is 6.21. The molecule has 2 aromatic rings. The van der Waals surface area contributed by atoms with Crippen LogP contribution in [-0.2, 0) is 14.3 Å². The zero-order valence-corrected chi connectivity index (χ0v) is 19.5. The molecule has 0 aliphatic carbocycles. The van der Waals surface area contributed by atoms with Crippen LogP contribution in [-0.4, -0.2) is 50.6 Å². The van der Waals surface area contributed by atoms with E-state index in [9.17, 15) is 9.59 Å². The van der Waals surface area contributed by atoms with Crippen LogP contribution < -0.4 is 10.2 Å². The summed E-state index contributed by atoms with van der Waals surface area (Å²) in [6.07, 6.45) is 2.42. The number of rotatable bonds is 7. The van der Waals surface area contributed by atoms with Gasteiger partial charge in [0.15, 0.2) is 0 Å². The van der Waals surface area contributed by atoms with Gasteiger partial charge in [-0.3, -0.25) is 9.69 Å². The topological polar surface area (TPSA) is 61.9 Å². The summed E-state index contributed by atoms with van der Waals surface area (Å²) in [5.41, 5.74) is 3.53. The van der Waals surface area contributed by atoms with E-state index in [0.29, 0.717) is 15.6 Å². The molecule has 0 unspecified atom stereocenters. The molecule has 2 aromatic carbocycles. The maximum Gasteiger partial charge on any atom is 0.327 e. The molecule has 1 aliphatic rings. The lowest BCUT2D eigenvalue weighted by atomic mass is 10.1. The summed E-state index contributed by atoms with van der Waals surface area (Å²) in [7, 11) is 3.00. The van der Waals surface area contributed by atoms with Crippen molar-refractivity contribution >= 4 is 46.5 Å². The highest BCUT2D eigenvalue weighted by molar-refractivity contribution is 6.42. The molecular formula is C23H27Cl2N3O3. The van der Waals surface area contributed by atoms with Crippen LogP contribution >= 0.6 is 23.2 Å². The number of likely N-dealkylation sites (N-methyl/N-ethyl adjacent to an activating group) is 1. The molecular weight excluding hydrogens is 437 g/mol. The molecule has 0 bridgehead atoms. The quantitative estimate of drug-likeness (QED) is 0.603. The van der Waals surface area contributed by atoms with Gasteiger partial charge in [-0.05, 0) is 68.3 Å². The Bertz CT molecular complexity index is 961. The van der Waals surface area contributed by atoms with Crippen molar-refractivity contribution in [3.63, 3.8) is 0 Å². The summed E-state index contributed by atoms with van der Waals surface area (Å²) in [5, 5.41) is 3.67. The number of halogens is 2. The number of hydrogen-bond acceptors (Lipinski definition) is 5. The number of nitrogens with zero attached hydrogens (tertiary/aromatic N) is 2. The lowest BCUT2D eigenvalue weighted by molar-refractivity contribution is -0.147. The smallest absolute Gasteiger partial charge is 0.327 e. The SMILES string of the molecule is COC(=O)[C@@H](c1ccc(Cl)c(Cl)c1)N(C)CC(=O)Nc1ccc(N2CCCC2)cc1C. The summed E-state index contributed by atoms with van der Waals surface area (Å²) >= 11 is 12.1. The largest absolute Gasteiger partial charge is 0.468 e. The molecule has 31 heavy (non-hydrogen) atoms. The van der Waals surface area contributed by atoms with E-state index in [4.69, 9.17) is 27.9 Å². The van der Waals surface area contributed by atoms with E-state index < -0.39 is 12.0 Å². The second-order valence-corrected chi connectivity index (χ2v) is 8.57. The Morgan fingerprint density at radius 1 is 1.13 bits per heavy atom. The number of aryl methyl sites for hydroxylation is 1. The number of carbonyl (C=O) groups excluding carboxylic acids is 2. The Balaban J connectivity index is 1.70. The van der Waals surface area contributed by atoms with Gasteiger partial charge in [0.2, 0.25) is 5.91 Å². The van der Waals surface area contributed by atoms with Crippen LogP contribution in [0, 0.1) is 6.92 Å². The Morgan fingerprint density at radius 3 is 2.45 bits per heavy atom. The third kappa shape index (κ3) is 5.70. The van der Waals surface area contributed by atoms with E-state index in [2.05, 4.69) is 16.3 Å². The highest BCUT2D eigenvalue weighted by Gasteiger charge is 2.28. The van der Waals surface area contributed by atoms with Crippen LogP contribution in [0.3, 0.4) is 0 Å². The van der Waals surface area contributed by atoms with Gasteiger partial charge in [-0.15, -0.1) is 0 Å². The first-order valence-corrected chi connectivity index (χ1v) is 10.9. The van der Waals surface area contributed by atoms with Gasteiger partial charge >= 0.3 is 5.97 Å². The molecule has 0 radical (unpaired) electrons. The van der Waals surface area contributed by atoms with Gasteiger partial charge in [0, 0.05) is 24.5 Å². The van der Waals surface area contributed by atoms with E-state index in [1.807, 2.05) is 19.1 Å². The fourth-order valence-corrected chi connectivity index (χ4v) is 4.14. The number of methoxy groups -OCH3 is 1. The van der Waals surface area contributed by atoms with Crippen LogP contribution in [0.1, 0.15) is 30.0 Å². The normalized spacial score (nSPS) is 14.6. The summed E-state index contributed by atoms with van der Waals surface area (Å²) in [6.45, 7) is 4.11. The fraction of sp³-hybridized carbons (Fsp3) is 0.391. The van der Waals surface area contributed by atoms with Gasteiger partial charge in [0.1, 0.15) is 6.04 Å². The minimum atomic E-state index is -0.788. The minimum Gasteiger partial charge on any atom is -0.468 e. The number of amides is 1. The molecule has 8 heteroatoms. The molecule has 0 spiro atoms. The lowest BCUT2D eigenvalue weighted by Crippen LogP contribution is -2.37. The Hall–Kier alpha value is -2.28. The highest BCUT2D eigenvalue weighted by Crippen LogP contribution is 2.29. The summed E-state index contributed by atoms with van der Waals surface area (Å²) in [4.78, 5) is 29.1. The third-order valence-electron chi connectivity index (χ3n) is 5.47. The van der Waals surface area contributed by atoms with Crippen LogP contribution in [0.5, 0.6) is 0 Å². The van der Waals surface area contributed by atoms with Crippen LogP contribution in [0.4, 0.5) is 11.4 Å². The van der Waals surface area contributed by atoms with Gasteiger partial charge in [-0.1, -0.05) is 29.3 Å². The Morgan fingerprint density at radius 2 is 1.84 bits per heavy atom. The maximum atomic E-state index is 12.7. The van der Waals surface area contributed by atoms with Crippen molar-refractivity contribution < 1.29 is 14.3 Å². The summed E-state index contributed by atoms with van der Waals surface area (Å²) < 4.78 is 4.95. The molecule has 1 heterocycles. The zero-order chi connectivity index (χ0) is 22.5. The van der Waals surface area contributed by atoms with Gasteiger partial charge in [-0.25, -0.2) is 4.79 Å². The van der Waals surface area contributed by atoms with Crippen molar-refractivity contribution in [3.8, 4) is 0 Å². The predicted octanol–water partition coefficient (Wildman–Crippen LogP) is 4.69. The number of anilines is 2. The van der Waals surface area contributed by atoms with Crippen molar-refractivity contribution in [1.29, 1.82) is 0 Å². The van der Waals surface area contributed by atoms with Crippen LogP contribution in [0.15, 0.2) is 36.4 Å². The number of nitrogens with one attached hydrogen (secondary N) is 1.